The number of amides is 2. The second-order valence-electron chi connectivity index (χ2n) is 7.65. The number of rotatable bonds is 11. The maximum atomic E-state index is 13.5. The fourth-order valence-corrected chi connectivity index (χ4v) is 3.61. The van der Waals surface area contributed by atoms with Gasteiger partial charge in [0, 0.05) is 33.4 Å². The quantitative estimate of drug-likeness (QED) is 0.400. The predicted octanol–water partition coefficient (Wildman–Crippen LogP) is 4.24. The molecule has 0 fully saturated rings. The molecule has 0 aliphatic carbocycles. The first-order chi connectivity index (χ1) is 15.0. The fraction of sp³-hybridized carbons (Fsp3) is 0.360. The molecule has 0 unspecified atom stereocenters. The van der Waals surface area contributed by atoms with Crippen LogP contribution in [-0.2, 0) is 20.9 Å². The van der Waals surface area contributed by atoms with Gasteiger partial charge in [-0.3, -0.25) is 14.5 Å². The molecule has 3 rings (SSSR count). The monoisotopic (exact) mass is 424 g/mol. The van der Waals surface area contributed by atoms with Gasteiger partial charge >= 0.3 is 0 Å². The van der Waals surface area contributed by atoms with Gasteiger partial charge in [0.25, 0.3) is 11.8 Å². The molecule has 1 aliphatic rings. The van der Waals surface area contributed by atoms with E-state index in [0.29, 0.717) is 43.0 Å². The van der Waals surface area contributed by atoms with Crippen molar-refractivity contribution in [3.8, 4) is 0 Å². The highest BCUT2D eigenvalue weighted by atomic mass is 19.1. The number of carbonyl (C=O) groups is 2. The Labute approximate surface area is 183 Å². The zero-order chi connectivity index (χ0) is 22.2. The van der Waals surface area contributed by atoms with Crippen molar-refractivity contribution < 1.29 is 18.7 Å². The van der Waals surface area contributed by atoms with Gasteiger partial charge in [0.15, 0.2) is 0 Å². The Bertz CT molecular complexity index is 926. The Hall–Kier alpha value is -2.99. The van der Waals surface area contributed by atoms with E-state index in [1.54, 1.807) is 24.1 Å². The van der Waals surface area contributed by atoms with Crippen LogP contribution in [0.2, 0.25) is 0 Å². The smallest absolute Gasteiger partial charge is 0.277 e. The van der Waals surface area contributed by atoms with Gasteiger partial charge in [-0.25, -0.2) is 4.39 Å². The van der Waals surface area contributed by atoms with E-state index in [2.05, 4.69) is 6.92 Å². The topological polar surface area (TPSA) is 49.9 Å². The molecule has 6 heteroatoms. The van der Waals surface area contributed by atoms with E-state index in [9.17, 15) is 14.0 Å². The molecule has 1 heterocycles. The number of nitrogens with zero attached hydrogens (tertiary/aromatic N) is 2. The maximum Gasteiger partial charge on any atom is 0.277 e. The average Bonchev–Trinajstić information content (AvgIpc) is 3.02. The van der Waals surface area contributed by atoms with Gasteiger partial charge in [0.05, 0.1) is 5.57 Å². The van der Waals surface area contributed by atoms with E-state index in [1.165, 1.54) is 17.0 Å². The molecule has 0 saturated carbocycles. The standard InChI is InChI=1S/C25H29FN2O3/c1-3-4-16-31-17-8-15-28-24(29)22(20-11-13-21(26)14-12-20)23(25(28)30)27(2)18-19-9-6-5-7-10-19/h5-7,9-14H,3-4,8,15-18H2,1-2H3. The molecule has 2 aromatic rings. The molecule has 0 radical (unpaired) electrons. The van der Waals surface area contributed by atoms with Crippen LogP contribution in [0.15, 0.2) is 60.3 Å². The minimum atomic E-state index is -0.388. The van der Waals surface area contributed by atoms with Crippen molar-refractivity contribution in [2.24, 2.45) is 0 Å². The molecule has 0 atom stereocenters. The number of ether oxygens (including phenoxy) is 1. The molecule has 164 valence electrons. The second kappa shape index (κ2) is 10.9. The number of carbonyl (C=O) groups excluding carboxylic acids is 2. The van der Waals surface area contributed by atoms with E-state index in [1.807, 2.05) is 30.3 Å². The number of hydrogen-bond acceptors (Lipinski definition) is 4. The molecule has 5 nitrogen and oxygen atoms in total. The van der Waals surface area contributed by atoms with Gasteiger partial charge in [0.1, 0.15) is 11.5 Å². The van der Waals surface area contributed by atoms with Crippen LogP contribution in [0.1, 0.15) is 37.3 Å². The zero-order valence-electron chi connectivity index (χ0n) is 18.1. The largest absolute Gasteiger partial charge is 0.381 e. The molecule has 31 heavy (non-hydrogen) atoms. The summed E-state index contributed by atoms with van der Waals surface area (Å²) in [6, 6.07) is 15.4. The van der Waals surface area contributed by atoms with Crippen LogP contribution < -0.4 is 0 Å². The average molecular weight is 425 g/mol. The van der Waals surface area contributed by atoms with Gasteiger partial charge in [0.2, 0.25) is 0 Å². The first-order valence-electron chi connectivity index (χ1n) is 10.7. The zero-order valence-corrected chi connectivity index (χ0v) is 18.1. The van der Waals surface area contributed by atoms with Crippen LogP contribution >= 0.6 is 0 Å². The highest BCUT2D eigenvalue weighted by Gasteiger charge is 2.40. The van der Waals surface area contributed by atoms with Crippen molar-refractivity contribution in [1.29, 1.82) is 0 Å². The summed E-state index contributed by atoms with van der Waals surface area (Å²) in [5, 5.41) is 0. The van der Waals surface area contributed by atoms with Crippen molar-refractivity contribution in [1.82, 2.24) is 9.80 Å². The van der Waals surface area contributed by atoms with E-state index >= 15 is 0 Å². The Morgan fingerprint density at radius 3 is 2.29 bits per heavy atom. The highest BCUT2D eigenvalue weighted by Crippen LogP contribution is 2.32. The number of imide groups is 1. The molecular formula is C25H29FN2O3. The second-order valence-corrected chi connectivity index (χ2v) is 7.65. The number of unbranched alkanes of at least 4 members (excludes halogenated alkanes) is 1. The molecular weight excluding hydrogens is 395 g/mol. The van der Waals surface area contributed by atoms with E-state index in [0.717, 1.165) is 18.4 Å². The summed E-state index contributed by atoms with van der Waals surface area (Å²) in [6.45, 7) is 4.05. The summed E-state index contributed by atoms with van der Waals surface area (Å²) in [6.07, 6.45) is 2.63. The van der Waals surface area contributed by atoms with Gasteiger partial charge in [-0.1, -0.05) is 55.8 Å². The van der Waals surface area contributed by atoms with E-state index in [4.69, 9.17) is 4.74 Å². The van der Waals surface area contributed by atoms with Crippen molar-refractivity contribution in [2.75, 3.05) is 26.8 Å². The third kappa shape index (κ3) is 5.58. The van der Waals surface area contributed by atoms with Gasteiger partial charge in [-0.15, -0.1) is 0 Å². The maximum absolute atomic E-state index is 13.5. The van der Waals surface area contributed by atoms with Crippen molar-refractivity contribution in [3.05, 3.63) is 77.2 Å². The van der Waals surface area contributed by atoms with Gasteiger partial charge < -0.3 is 9.64 Å². The predicted molar refractivity (Wildman–Crippen MR) is 118 cm³/mol. The third-order valence-electron chi connectivity index (χ3n) is 5.23. The Kier molecular flexibility index (Phi) is 7.95. The van der Waals surface area contributed by atoms with Crippen LogP contribution in [-0.4, -0.2) is 48.4 Å². The molecule has 2 aromatic carbocycles. The first-order valence-corrected chi connectivity index (χ1v) is 10.7. The number of hydrogen-bond donors (Lipinski definition) is 0. The normalized spacial score (nSPS) is 14.0. The Morgan fingerprint density at radius 1 is 0.935 bits per heavy atom. The summed E-state index contributed by atoms with van der Waals surface area (Å²) in [5.74, 6) is -1.06. The van der Waals surface area contributed by atoms with Crippen molar-refractivity contribution >= 4 is 17.4 Å². The van der Waals surface area contributed by atoms with Gasteiger partial charge in [-0.05, 0) is 36.1 Å². The fourth-order valence-electron chi connectivity index (χ4n) is 3.61. The lowest BCUT2D eigenvalue weighted by atomic mass is 10.0. The summed E-state index contributed by atoms with van der Waals surface area (Å²) in [4.78, 5) is 29.6. The molecule has 0 spiro atoms. The Balaban J connectivity index is 1.82. The first kappa shape index (κ1) is 22.7. The number of likely N-dealkylation sites (N-methyl/N-ethyl adjacent to an activating group) is 1. The lowest BCUT2D eigenvalue weighted by molar-refractivity contribution is -0.137. The van der Waals surface area contributed by atoms with Crippen LogP contribution in [0.4, 0.5) is 4.39 Å². The minimum Gasteiger partial charge on any atom is -0.381 e. The van der Waals surface area contributed by atoms with Crippen LogP contribution in [0.3, 0.4) is 0 Å². The summed E-state index contributed by atoms with van der Waals surface area (Å²) in [5.41, 5.74) is 2.22. The lowest BCUT2D eigenvalue weighted by Gasteiger charge is -2.21. The lowest BCUT2D eigenvalue weighted by Crippen LogP contribution is -2.35. The van der Waals surface area contributed by atoms with E-state index < -0.39 is 0 Å². The molecule has 0 bridgehead atoms. The van der Waals surface area contributed by atoms with Gasteiger partial charge in [-0.2, -0.15) is 0 Å². The molecule has 2 amide bonds. The summed E-state index contributed by atoms with van der Waals surface area (Å²) in [7, 11) is 1.80. The molecule has 0 aromatic heterocycles. The number of halogens is 1. The summed E-state index contributed by atoms with van der Waals surface area (Å²) >= 11 is 0. The van der Waals surface area contributed by atoms with Crippen LogP contribution in [0.25, 0.3) is 5.57 Å². The van der Waals surface area contributed by atoms with Crippen LogP contribution in [0, 0.1) is 5.82 Å². The summed E-state index contributed by atoms with van der Waals surface area (Å²) < 4.78 is 19.0. The highest BCUT2D eigenvalue weighted by molar-refractivity contribution is 6.35. The van der Waals surface area contributed by atoms with Crippen LogP contribution in [0.5, 0.6) is 0 Å². The third-order valence-corrected chi connectivity index (χ3v) is 5.23. The van der Waals surface area contributed by atoms with Crippen molar-refractivity contribution in [2.45, 2.75) is 32.7 Å². The van der Waals surface area contributed by atoms with Crippen molar-refractivity contribution in [3.63, 3.8) is 0 Å². The Morgan fingerprint density at radius 2 is 1.61 bits per heavy atom. The molecule has 0 saturated heterocycles. The van der Waals surface area contributed by atoms with E-state index in [-0.39, 0.29) is 24.2 Å². The molecule has 0 N–H and O–H groups in total. The number of benzene rings is 2. The SMILES string of the molecule is CCCCOCCCN1C(=O)C(c2ccc(F)cc2)=C(N(C)Cc2ccccc2)C1=O. The minimum absolute atomic E-state index is 0.289. The molecule has 1 aliphatic heterocycles.